The van der Waals surface area contributed by atoms with E-state index in [1.165, 1.54) is 12.1 Å². The number of hydrogen-bond donors (Lipinski definition) is 0. The smallest absolute Gasteiger partial charge is 0.256 e. The first-order valence-corrected chi connectivity index (χ1v) is 8.07. The van der Waals surface area contributed by atoms with E-state index in [1.54, 1.807) is 25.1 Å². The Balaban J connectivity index is 2.17. The van der Waals surface area contributed by atoms with Gasteiger partial charge in [0, 0.05) is 17.6 Å². The third-order valence-electron chi connectivity index (χ3n) is 3.85. The summed E-state index contributed by atoms with van der Waals surface area (Å²) in [7, 11) is 3.30. The van der Waals surface area contributed by atoms with E-state index in [1.807, 2.05) is 31.2 Å². The van der Waals surface area contributed by atoms with Crippen LogP contribution >= 0.6 is 15.9 Å². The van der Waals surface area contributed by atoms with Crippen LogP contribution in [0.5, 0.6) is 5.75 Å². The predicted octanol–water partition coefficient (Wildman–Crippen LogP) is 4.30. The van der Waals surface area contributed by atoms with Crippen molar-refractivity contribution in [3.05, 3.63) is 63.9 Å². The van der Waals surface area contributed by atoms with Gasteiger partial charge in [0.25, 0.3) is 5.91 Å². The van der Waals surface area contributed by atoms with Crippen LogP contribution in [-0.4, -0.2) is 31.0 Å². The SMILES string of the molecule is COc1ccccc1CC(C)N(C)C(=O)c1cc(Br)ccc1F. The van der Waals surface area contributed by atoms with E-state index in [-0.39, 0.29) is 17.5 Å². The van der Waals surface area contributed by atoms with Crippen LogP contribution in [0.4, 0.5) is 4.39 Å². The van der Waals surface area contributed by atoms with Crippen molar-refractivity contribution < 1.29 is 13.9 Å². The molecule has 0 aliphatic heterocycles. The number of benzene rings is 2. The zero-order valence-corrected chi connectivity index (χ0v) is 14.9. The van der Waals surface area contributed by atoms with Gasteiger partial charge in [-0.2, -0.15) is 0 Å². The van der Waals surface area contributed by atoms with Crippen molar-refractivity contribution in [2.45, 2.75) is 19.4 Å². The predicted molar refractivity (Wildman–Crippen MR) is 92.4 cm³/mol. The minimum atomic E-state index is -0.519. The average molecular weight is 380 g/mol. The molecule has 2 rings (SSSR count). The standard InChI is InChI=1S/C18H19BrFNO2/c1-12(10-13-6-4-5-7-17(13)23-3)21(2)18(22)15-11-14(19)8-9-16(15)20/h4-9,11-12H,10H2,1-3H3. The van der Waals surface area contributed by atoms with Crippen molar-refractivity contribution in [1.29, 1.82) is 0 Å². The number of amides is 1. The number of carbonyl (C=O) groups is 1. The fourth-order valence-corrected chi connectivity index (χ4v) is 2.74. The molecule has 0 saturated carbocycles. The maximum absolute atomic E-state index is 13.9. The number of likely N-dealkylation sites (N-methyl/N-ethyl adjacent to an activating group) is 1. The first-order chi connectivity index (χ1) is 10.9. The minimum Gasteiger partial charge on any atom is -0.496 e. The average Bonchev–Trinajstić information content (AvgIpc) is 2.56. The van der Waals surface area contributed by atoms with Gasteiger partial charge in [-0.25, -0.2) is 4.39 Å². The molecule has 5 heteroatoms. The molecule has 23 heavy (non-hydrogen) atoms. The molecular formula is C18H19BrFNO2. The Labute approximate surface area is 144 Å². The Kier molecular flexibility index (Phi) is 5.77. The Morgan fingerprint density at radius 3 is 2.70 bits per heavy atom. The van der Waals surface area contributed by atoms with Crippen molar-refractivity contribution in [3.63, 3.8) is 0 Å². The summed E-state index contributed by atoms with van der Waals surface area (Å²) in [6, 6.07) is 12.0. The second kappa shape index (κ2) is 7.59. The molecular weight excluding hydrogens is 361 g/mol. The lowest BCUT2D eigenvalue weighted by Gasteiger charge is -2.26. The lowest BCUT2D eigenvalue weighted by atomic mass is 10.0. The van der Waals surface area contributed by atoms with Gasteiger partial charge in [0.05, 0.1) is 12.7 Å². The molecule has 0 aromatic heterocycles. The molecule has 0 fully saturated rings. The molecule has 3 nitrogen and oxygen atoms in total. The molecule has 2 aromatic carbocycles. The highest BCUT2D eigenvalue weighted by atomic mass is 79.9. The van der Waals surface area contributed by atoms with Gasteiger partial charge in [0.2, 0.25) is 0 Å². The largest absolute Gasteiger partial charge is 0.496 e. The highest BCUT2D eigenvalue weighted by Crippen LogP contribution is 2.22. The van der Waals surface area contributed by atoms with Gasteiger partial charge in [-0.1, -0.05) is 34.1 Å². The second-order valence-electron chi connectivity index (χ2n) is 5.41. The Hall–Kier alpha value is -1.88. The van der Waals surface area contributed by atoms with Gasteiger partial charge < -0.3 is 9.64 Å². The summed E-state index contributed by atoms with van der Waals surface area (Å²) in [5, 5.41) is 0. The van der Waals surface area contributed by atoms with Crippen LogP contribution in [0.15, 0.2) is 46.9 Å². The first kappa shape index (κ1) is 17.5. The quantitative estimate of drug-likeness (QED) is 0.774. The summed E-state index contributed by atoms with van der Waals surface area (Å²) in [6.45, 7) is 1.93. The second-order valence-corrected chi connectivity index (χ2v) is 6.32. The van der Waals surface area contributed by atoms with Crippen molar-refractivity contribution in [2.75, 3.05) is 14.2 Å². The van der Waals surface area contributed by atoms with Gasteiger partial charge in [-0.15, -0.1) is 0 Å². The van der Waals surface area contributed by atoms with Crippen LogP contribution in [0.3, 0.4) is 0 Å². The van der Waals surface area contributed by atoms with Crippen molar-refractivity contribution in [3.8, 4) is 5.75 Å². The summed E-state index contributed by atoms with van der Waals surface area (Å²) >= 11 is 3.27. The van der Waals surface area contributed by atoms with Crippen LogP contribution in [0, 0.1) is 5.82 Å². The number of methoxy groups -OCH3 is 1. The molecule has 0 radical (unpaired) electrons. The molecule has 1 atom stereocenters. The van der Waals surface area contributed by atoms with Crippen LogP contribution in [0.25, 0.3) is 0 Å². The van der Waals surface area contributed by atoms with Gasteiger partial charge in [0.1, 0.15) is 11.6 Å². The van der Waals surface area contributed by atoms with E-state index >= 15 is 0 Å². The van der Waals surface area contributed by atoms with Crippen LogP contribution in [-0.2, 0) is 6.42 Å². The molecule has 122 valence electrons. The van der Waals surface area contributed by atoms with E-state index in [0.717, 1.165) is 11.3 Å². The zero-order chi connectivity index (χ0) is 17.0. The van der Waals surface area contributed by atoms with Crippen molar-refractivity contribution >= 4 is 21.8 Å². The number of hydrogen-bond acceptors (Lipinski definition) is 2. The van der Waals surface area contributed by atoms with Gasteiger partial charge in [-0.05, 0) is 43.2 Å². The van der Waals surface area contributed by atoms with Crippen molar-refractivity contribution in [2.24, 2.45) is 0 Å². The Bertz CT molecular complexity index is 705. The Morgan fingerprint density at radius 2 is 2.00 bits per heavy atom. The van der Waals surface area contributed by atoms with Crippen LogP contribution < -0.4 is 4.74 Å². The van der Waals surface area contributed by atoms with Crippen LogP contribution in [0.2, 0.25) is 0 Å². The molecule has 0 saturated heterocycles. The highest BCUT2D eigenvalue weighted by molar-refractivity contribution is 9.10. The molecule has 0 bridgehead atoms. The number of rotatable bonds is 5. The molecule has 2 aromatic rings. The molecule has 1 unspecified atom stereocenters. The summed E-state index contributed by atoms with van der Waals surface area (Å²) in [5.41, 5.74) is 1.07. The molecule has 0 N–H and O–H groups in total. The fraction of sp³-hybridized carbons (Fsp3) is 0.278. The van der Waals surface area contributed by atoms with E-state index in [0.29, 0.717) is 10.9 Å². The van der Waals surface area contributed by atoms with E-state index in [4.69, 9.17) is 4.74 Å². The number of para-hydroxylation sites is 1. The molecule has 0 spiro atoms. The van der Waals surface area contributed by atoms with E-state index in [2.05, 4.69) is 15.9 Å². The van der Waals surface area contributed by atoms with Gasteiger partial charge >= 0.3 is 0 Å². The molecule has 1 amide bonds. The summed E-state index contributed by atoms with van der Waals surface area (Å²) in [5.74, 6) is -0.0745. The number of ether oxygens (including phenoxy) is 1. The molecule has 0 aliphatic rings. The monoisotopic (exact) mass is 379 g/mol. The minimum absolute atomic E-state index is 0.0637. The van der Waals surface area contributed by atoms with Crippen LogP contribution in [0.1, 0.15) is 22.8 Å². The lowest BCUT2D eigenvalue weighted by Crippen LogP contribution is -2.37. The maximum atomic E-state index is 13.9. The normalized spacial score (nSPS) is 11.9. The maximum Gasteiger partial charge on any atom is 0.256 e. The third kappa shape index (κ3) is 4.10. The summed E-state index contributed by atoms with van der Waals surface area (Å²) < 4.78 is 19.9. The number of carbonyl (C=O) groups excluding carboxylic acids is 1. The van der Waals surface area contributed by atoms with E-state index < -0.39 is 5.82 Å². The number of nitrogens with zero attached hydrogens (tertiary/aromatic N) is 1. The highest BCUT2D eigenvalue weighted by Gasteiger charge is 2.21. The molecule has 0 heterocycles. The molecule has 0 aliphatic carbocycles. The topological polar surface area (TPSA) is 29.5 Å². The van der Waals surface area contributed by atoms with E-state index in [9.17, 15) is 9.18 Å². The van der Waals surface area contributed by atoms with Crippen molar-refractivity contribution in [1.82, 2.24) is 4.90 Å². The lowest BCUT2D eigenvalue weighted by molar-refractivity contribution is 0.0738. The zero-order valence-electron chi connectivity index (χ0n) is 13.3. The number of halogens is 2. The van der Waals surface area contributed by atoms with Gasteiger partial charge in [0.15, 0.2) is 0 Å². The summed E-state index contributed by atoms with van der Waals surface area (Å²) in [6.07, 6.45) is 0.627. The van der Waals surface area contributed by atoms with Gasteiger partial charge in [-0.3, -0.25) is 4.79 Å². The fourth-order valence-electron chi connectivity index (χ4n) is 2.38. The summed E-state index contributed by atoms with van der Waals surface area (Å²) in [4.78, 5) is 14.1. The first-order valence-electron chi connectivity index (χ1n) is 7.28. The Morgan fingerprint density at radius 1 is 1.30 bits per heavy atom. The third-order valence-corrected chi connectivity index (χ3v) is 4.34.